The third-order valence-corrected chi connectivity index (χ3v) is 4.84. The van der Waals surface area contributed by atoms with E-state index in [9.17, 15) is 18.8 Å². The topological polar surface area (TPSA) is 82.6 Å². The number of pyridine rings is 1. The van der Waals surface area contributed by atoms with Gasteiger partial charge in [0.25, 0.3) is 11.8 Å². The Morgan fingerprint density at radius 1 is 1.27 bits per heavy atom. The van der Waals surface area contributed by atoms with Crippen LogP contribution < -0.4 is 10.2 Å². The summed E-state index contributed by atoms with van der Waals surface area (Å²) in [5.41, 5.74) is -1.02. The number of fused-ring (bicyclic) bond motifs is 3. The number of hydrogen-bond donors (Lipinski definition) is 1. The molecular formula is C18H15FN4O3. The van der Waals surface area contributed by atoms with E-state index < -0.39 is 23.3 Å². The predicted octanol–water partition coefficient (Wildman–Crippen LogP) is 1.77. The quantitative estimate of drug-likeness (QED) is 0.891. The zero-order chi connectivity index (χ0) is 18.5. The van der Waals surface area contributed by atoms with Gasteiger partial charge in [-0.15, -0.1) is 0 Å². The Bertz CT molecular complexity index is 948. The van der Waals surface area contributed by atoms with Crippen LogP contribution in [-0.2, 0) is 9.59 Å². The lowest BCUT2D eigenvalue weighted by Crippen LogP contribution is -2.68. The Hall–Kier alpha value is -3.29. The summed E-state index contributed by atoms with van der Waals surface area (Å²) in [7, 11) is 1.48. The molecule has 1 aromatic carbocycles. The normalized spacial score (nSPS) is 21.5. The van der Waals surface area contributed by atoms with E-state index in [1.807, 2.05) is 0 Å². The summed E-state index contributed by atoms with van der Waals surface area (Å²) >= 11 is 0. The molecule has 3 amide bonds. The van der Waals surface area contributed by atoms with Gasteiger partial charge in [0, 0.05) is 31.8 Å². The van der Waals surface area contributed by atoms with Gasteiger partial charge in [-0.05, 0) is 30.3 Å². The monoisotopic (exact) mass is 354 g/mol. The number of nitrogens with one attached hydrogen (secondary N) is 1. The van der Waals surface area contributed by atoms with Gasteiger partial charge in [-0.3, -0.25) is 19.3 Å². The third-order valence-electron chi connectivity index (χ3n) is 4.84. The zero-order valence-electron chi connectivity index (χ0n) is 13.9. The molecule has 132 valence electrons. The Balaban J connectivity index is 1.81. The highest BCUT2D eigenvalue weighted by Crippen LogP contribution is 2.43. The van der Waals surface area contributed by atoms with Crippen molar-refractivity contribution in [3.63, 3.8) is 0 Å². The number of likely N-dealkylation sites (N-methyl/N-ethyl adjacent to an activating group) is 1. The van der Waals surface area contributed by atoms with E-state index in [2.05, 4.69) is 10.3 Å². The maximum atomic E-state index is 13.4. The summed E-state index contributed by atoms with van der Waals surface area (Å²) in [5, 5.41) is 2.62. The van der Waals surface area contributed by atoms with Gasteiger partial charge in [0.05, 0.1) is 5.56 Å². The first-order valence-electron chi connectivity index (χ1n) is 8.08. The number of hydrogen-bond acceptors (Lipinski definition) is 4. The molecule has 0 bridgehead atoms. The van der Waals surface area contributed by atoms with Gasteiger partial charge in [-0.1, -0.05) is 6.07 Å². The second-order valence-corrected chi connectivity index (χ2v) is 6.25. The van der Waals surface area contributed by atoms with Crippen LogP contribution in [0.4, 0.5) is 15.9 Å². The first-order chi connectivity index (χ1) is 12.4. The molecule has 7 nitrogen and oxygen atoms in total. The lowest BCUT2D eigenvalue weighted by Gasteiger charge is -2.46. The number of anilines is 2. The zero-order valence-corrected chi connectivity index (χ0v) is 13.9. The molecule has 1 aromatic heterocycles. The largest absolute Gasteiger partial charge is 0.322 e. The molecular weight excluding hydrogens is 339 g/mol. The van der Waals surface area contributed by atoms with E-state index in [1.54, 1.807) is 12.1 Å². The van der Waals surface area contributed by atoms with Crippen molar-refractivity contribution in [1.29, 1.82) is 0 Å². The SMILES string of the molecule is CN1C(=O)c2cccnc2N2C(=O)CCC12C(=O)Nc1cccc(F)c1. The standard InChI is InChI=1S/C18H15FN4O3/c1-22-16(25)13-6-3-9-20-15(13)23-14(24)7-8-18(22,23)17(26)21-12-5-2-4-11(19)10-12/h2-6,9-10H,7-8H2,1H3,(H,21,26). The molecule has 0 radical (unpaired) electrons. The summed E-state index contributed by atoms with van der Waals surface area (Å²) in [5.74, 6) is -1.60. The maximum absolute atomic E-state index is 13.4. The van der Waals surface area contributed by atoms with Crippen molar-refractivity contribution < 1.29 is 18.8 Å². The van der Waals surface area contributed by atoms with Crippen LogP contribution in [0.5, 0.6) is 0 Å². The lowest BCUT2D eigenvalue weighted by atomic mass is 9.98. The Kier molecular flexibility index (Phi) is 3.50. The molecule has 3 heterocycles. The minimum Gasteiger partial charge on any atom is -0.322 e. The maximum Gasteiger partial charge on any atom is 0.271 e. The molecule has 0 spiro atoms. The van der Waals surface area contributed by atoms with E-state index in [1.165, 1.54) is 47.3 Å². The van der Waals surface area contributed by atoms with Crippen molar-refractivity contribution in [2.45, 2.75) is 18.5 Å². The van der Waals surface area contributed by atoms with Crippen molar-refractivity contribution in [3.05, 3.63) is 54.0 Å². The molecule has 0 saturated carbocycles. The predicted molar refractivity (Wildman–Crippen MR) is 90.8 cm³/mol. The molecule has 26 heavy (non-hydrogen) atoms. The van der Waals surface area contributed by atoms with Crippen molar-refractivity contribution >= 4 is 29.2 Å². The van der Waals surface area contributed by atoms with Crippen molar-refractivity contribution in [2.75, 3.05) is 17.3 Å². The molecule has 1 saturated heterocycles. The second-order valence-electron chi connectivity index (χ2n) is 6.25. The summed E-state index contributed by atoms with van der Waals surface area (Å²) in [6.45, 7) is 0. The Morgan fingerprint density at radius 3 is 2.85 bits per heavy atom. The molecule has 8 heteroatoms. The summed E-state index contributed by atoms with van der Waals surface area (Å²) < 4.78 is 13.4. The molecule has 2 aromatic rings. The van der Waals surface area contributed by atoms with Crippen LogP contribution in [-0.4, -0.2) is 40.3 Å². The average molecular weight is 354 g/mol. The van der Waals surface area contributed by atoms with Crippen LogP contribution in [0.25, 0.3) is 0 Å². The summed E-state index contributed by atoms with van der Waals surface area (Å²) in [6.07, 6.45) is 1.70. The van der Waals surface area contributed by atoms with Crippen LogP contribution >= 0.6 is 0 Å². The van der Waals surface area contributed by atoms with E-state index in [0.717, 1.165) is 0 Å². The van der Waals surface area contributed by atoms with Gasteiger partial charge >= 0.3 is 0 Å². The smallest absolute Gasteiger partial charge is 0.271 e. The van der Waals surface area contributed by atoms with Gasteiger partial charge in [0.1, 0.15) is 11.6 Å². The third kappa shape index (κ3) is 2.11. The first-order valence-corrected chi connectivity index (χ1v) is 8.08. The lowest BCUT2D eigenvalue weighted by molar-refractivity contribution is -0.128. The number of halogens is 1. The molecule has 0 aliphatic carbocycles. The van der Waals surface area contributed by atoms with Gasteiger partial charge < -0.3 is 10.2 Å². The van der Waals surface area contributed by atoms with Gasteiger partial charge in [0.2, 0.25) is 11.6 Å². The van der Waals surface area contributed by atoms with E-state index >= 15 is 0 Å². The van der Waals surface area contributed by atoms with Crippen molar-refractivity contribution in [3.8, 4) is 0 Å². The van der Waals surface area contributed by atoms with Gasteiger partial charge in [0.15, 0.2) is 0 Å². The number of amides is 3. The Morgan fingerprint density at radius 2 is 2.08 bits per heavy atom. The highest BCUT2D eigenvalue weighted by molar-refractivity contribution is 6.17. The highest BCUT2D eigenvalue weighted by Gasteiger charge is 2.60. The average Bonchev–Trinajstić information content (AvgIpc) is 2.98. The number of rotatable bonds is 2. The number of aromatic nitrogens is 1. The summed E-state index contributed by atoms with van der Waals surface area (Å²) in [4.78, 5) is 45.2. The van der Waals surface area contributed by atoms with Crippen molar-refractivity contribution in [2.24, 2.45) is 0 Å². The molecule has 4 rings (SSSR count). The minimum absolute atomic E-state index is 0.101. The van der Waals surface area contributed by atoms with E-state index in [-0.39, 0.29) is 35.8 Å². The molecule has 2 aliphatic rings. The number of carbonyl (C=O) groups is 3. The fourth-order valence-electron chi connectivity index (χ4n) is 3.58. The molecule has 1 unspecified atom stereocenters. The van der Waals surface area contributed by atoms with E-state index in [0.29, 0.717) is 0 Å². The van der Waals surface area contributed by atoms with Gasteiger partial charge in [-0.2, -0.15) is 0 Å². The number of nitrogens with zero attached hydrogens (tertiary/aromatic N) is 3. The minimum atomic E-state index is -1.53. The van der Waals surface area contributed by atoms with Crippen molar-refractivity contribution in [1.82, 2.24) is 9.88 Å². The molecule has 1 fully saturated rings. The molecule has 1 N–H and O–H groups in total. The fraction of sp³-hybridized carbons (Fsp3) is 0.222. The highest BCUT2D eigenvalue weighted by atomic mass is 19.1. The second kappa shape index (κ2) is 5.62. The number of carbonyl (C=O) groups excluding carboxylic acids is 3. The first kappa shape index (κ1) is 16.2. The van der Waals surface area contributed by atoms with Crippen LogP contribution in [0.2, 0.25) is 0 Å². The summed E-state index contributed by atoms with van der Waals surface area (Å²) in [6, 6.07) is 8.61. The molecule has 2 aliphatic heterocycles. The number of benzene rings is 1. The van der Waals surface area contributed by atoms with E-state index in [4.69, 9.17) is 0 Å². The molecule has 1 atom stereocenters. The van der Waals surface area contributed by atoms with Crippen LogP contribution in [0.15, 0.2) is 42.6 Å². The van der Waals surface area contributed by atoms with Crippen LogP contribution in [0.1, 0.15) is 23.2 Å². The van der Waals surface area contributed by atoms with Gasteiger partial charge in [-0.25, -0.2) is 9.37 Å². The van der Waals surface area contributed by atoms with Crippen LogP contribution in [0, 0.1) is 5.82 Å². The fourth-order valence-corrected chi connectivity index (χ4v) is 3.58. The Labute approximate surface area is 148 Å². The van der Waals surface area contributed by atoms with Crippen LogP contribution in [0.3, 0.4) is 0 Å².